The molecule has 0 heterocycles. The van der Waals surface area contributed by atoms with Gasteiger partial charge in [-0.1, -0.05) is 6.07 Å². The first-order valence-corrected chi connectivity index (χ1v) is 7.52. The van der Waals surface area contributed by atoms with E-state index in [1.54, 1.807) is 26.8 Å². The Balaban J connectivity index is 3.28. The number of ether oxygens (including phenoxy) is 1. The third kappa shape index (κ3) is 3.46. The minimum Gasteiger partial charge on any atom is -0.494 e. The SMILES string of the molecule is CCOc1cc(S(=O)(=O)NC(C)C)c(C)cc1C. The number of aryl methyl sites for hydroxylation is 2. The highest BCUT2D eigenvalue weighted by Crippen LogP contribution is 2.26. The van der Waals surface area contributed by atoms with Crippen molar-refractivity contribution in [3.63, 3.8) is 0 Å². The Morgan fingerprint density at radius 2 is 1.83 bits per heavy atom. The van der Waals surface area contributed by atoms with Crippen LogP contribution in [0.1, 0.15) is 31.9 Å². The van der Waals surface area contributed by atoms with Gasteiger partial charge in [0.25, 0.3) is 0 Å². The van der Waals surface area contributed by atoms with Crippen LogP contribution in [-0.4, -0.2) is 21.1 Å². The van der Waals surface area contributed by atoms with Crippen molar-refractivity contribution in [2.75, 3.05) is 6.61 Å². The molecule has 0 amide bonds. The lowest BCUT2D eigenvalue weighted by atomic mass is 10.1. The summed E-state index contributed by atoms with van der Waals surface area (Å²) < 4.78 is 32.4. The van der Waals surface area contributed by atoms with E-state index in [-0.39, 0.29) is 10.9 Å². The van der Waals surface area contributed by atoms with E-state index < -0.39 is 10.0 Å². The summed E-state index contributed by atoms with van der Waals surface area (Å²) in [5.74, 6) is 0.618. The van der Waals surface area contributed by atoms with Crippen LogP contribution in [0, 0.1) is 13.8 Å². The molecule has 4 nitrogen and oxygen atoms in total. The quantitative estimate of drug-likeness (QED) is 0.894. The number of benzene rings is 1. The molecule has 0 aliphatic carbocycles. The summed E-state index contributed by atoms with van der Waals surface area (Å²) >= 11 is 0. The summed E-state index contributed by atoms with van der Waals surface area (Å²) in [6.45, 7) is 9.68. The molecule has 1 aromatic carbocycles. The number of hydrogen-bond acceptors (Lipinski definition) is 3. The summed E-state index contributed by atoms with van der Waals surface area (Å²) in [5, 5.41) is 0. The van der Waals surface area contributed by atoms with Gasteiger partial charge in [0.2, 0.25) is 10.0 Å². The Morgan fingerprint density at radius 1 is 1.22 bits per heavy atom. The first-order chi connectivity index (χ1) is 8.27. The largest absolute Gasteiger partial charge is 0.494 e. The smallest absolute Gasteiger partial charge is 0.241 e. The molecule has 0 spiro atoms. The van der Waals surface area contributed by atoms with Crippen molar-refractivity contribution in [1.29, 1.82) is 0 Å². The topological polar surface area (TPSA) is 55.4 Å². The van der Waals surface area contributed by atoms with E-state index in [0.29, 0.717) is 12.4 Å². The Hall–Kier alpha value is -1.07. The molecule has 0 saturated carbocycles. The second-order valence-corrected chi connectivity index (χ2v) is 6.27. The molecule has 0 fully saturated rings. The maximum absolute atomic E-state index is 12.2. The summed E-state index contributed by atoms with van der Waals surface area (Å²) in [6.07, 6.45) is 0. The van der Waals surface area contributed by atoms with Gasteiger partial charge in [-0.2, -0.15) is 0 Å². The second kappa shape index (κ2) is 5.71. The standard InChI is InChI=1S/C13H21NO3S/c1-6-17-12-8-13(11(5)7-10(12)4)18(15,16)14-9(2)3/h7-9,14H,6H2,1-5H3. The fourth-order valence-electron chi connectivity index (χ4n) is 1.79. The minimum atomic E-state index is -3.48. The molecular weight excluding hydrogens is 250 g/mol. The van der Waals surface area contributed by atoms with E-state index in [1.807, 2.05) is 19.9 Å². The van der Waals surface area contributed by atoms with Crippen molar-refractivity contribution in [2.45, 2.75) is 45.6 Å². The fraction of sp³-hybridized carbons (Fsp3) is 0.538. The van der Waals surface area contributed by atoms with Crippen LogP contribution in [0.4, 0.5) is 0 Å². The summed E-state index contributed by atoms with van der Waals surface area (Å²) in [7, 11) is -3.48. The highest BCUT2D eigenvalue weighted by molar-refractivity contribution is 7.89. The van der Waals surface area contributed by atoms with E-state index in [1.165, 1.54) is 0 Å². The van der Waals surface area contributed by atoms with Gasteiger partial charge in [-0.3, -0.25) is 0 Å². The summed E-state index contributed by atoms with van der Waals surface area (Å²) in [6, 6.07) is 3.30. The lowest BCUT2D eigenvalue weighted by Crippen LogP contribution is -2.30. The fourth-order valence-corrected chi connectivity index (χ4v) is 3.28. The van der Waals surface area contributed by atoms with E-state index in [4.69, 9.17) is 4.74 Å². The molecule has 0 aliphatic heterocycles. The van der Waals surface area contributed by atoms with Gasteiger partial charge in [0.15, 0.2) is 0 Å². The van der Waals surface area contributed by atoms with E-state index in [2.05, 4.69) is 4.72 Å². The Kier molecular flexibility index (Phi) is 4.76. The van der Waals surface area contributed by atoms with Gasteiger partial charge >= 0.3 is 0 Å². The third-order valence-corrected chi connectivity index (χ3v) is 4.25. The second-order valence-electron chi connectivity index (χ2n) is 4.59. The molecule has 1 aromatic rings. The van der Waals surface area contributed by atoms with E-state index in [0.717, 1.165) is 11.1 Å². The highest BCUT2D eigenvalue weighted by Gasteiger charge is 2.19. The van der Waals surface area contributed by atoms with Gasteiger partial charge in [0.05, 0.1) is 11.5 Å². The van der Waals surface area contributed by atoms with E-state index >= 15 is 0 Å². The maximum atomic E-state index is 12.2. The van der Waals surface area contributed by atoms with Crippen LogP contribution in [0.3, 0.4) is 0 Å². The Morgan fingerprint density at radius 3 is 2.33 bits per heavy atom. The van der Waals surface area contributed by atoms with Crippen LogP contribution in [0.25, 0.3) is 0 Å². The van der Waals surface area contributed by atoms with Crippen LogP contribution in [0.2, 0.25) is 0 Å². The van der Waals surface area contributed by atoms with Crippen molar-refractivity contribution in [1.82, 2.24) is 4.72 Å². The molecule has 0 radical (unpaired) electrons. The molecule has 0 aromatic heterocycles. The predicted molar refractivity (Wildman–Crippen MR) is 72.5 cm³/mol. The molecule has 18 heavy (non-hydrogen) atoms. The Bertz CT molecular complexity index is 521. The lowest BCUT2D eigenvalue weighted by Gasteiger charge is -2.15. The summed E-state index contributed by atoms with van der Waals surface area (Å²) in [5.41, 5.74) is 1.67. The van der Waals surface area contributed by atoms with Crippen LogP contribution in [0.15, 0.2) is 17.0 Å². The molecule has 1 rings (SSSR count). The number of nitrogens with one attached hydrogen (secondary N) is 1. The first kappa shape index (κ1) is 15.0. The maximum Gasteiger partial charge on any atom is 0.241 e. The average molecular weight is 271 g/mol. The minimum absolute atomic E-state index is 0.133. The van der Waals surface area contributed by atoms with Crippen LogP contribution in [0.5, 0.6) is 5.75 Å². The molecule has 0 unspecified atom stereocenters. The van der Waals surface area contributed by atoms with Crippen molar-refractivity contribution >= 4 is 10.0 Å². The molecular formula is C13H21NO3S. The van der Waals surface area contributed by atoms with Gasteiger partial charge in [-0.25, -0.2) is 13.1 Å². The zero-order valence-electron chi connectivity index (χ0n) is 11.6. The lowest BCUT2D eigenvalue weighted by molar-refractivity contribution is 0.336. The van der Waals surface area contributed by atoms with Gasteiger partial charge in [-0.15, -0.1) is 0 Å². The monoisotopic (exact) mass is 271 g/mol. The summed E-state index contributed by atoms with van der Waals surface area (Å²) in [4.78, 5) is 0.283. The number of rotatable bonds is 5. The van der Waals surface area contributed by atoms with Crippen molar-refractivity contribution in [2.24, 2.45) is 0 Å². The van der Waals surface area contributed by atoms with E-state index in [9.17, 15) is 8.42 Å². The average Bonchev–Trinajstić information content (AvgIpc) is 2.19. The number of sulfonamides is 1. The van der Waals surface area contributed by atoms with Crippen molar-refractivity contribution in [3.05, 3.63) is 23.3 Å². The van der Waals surface area contributed by atoms with Crippen LogP contribution in [-0.2, 0) is 10.0 Å². The van der Waals surface area contributed by atoms with Crippen LogP contribution >= 0.6 is 0 Å². The predicted octanol–water partition coefficient (Wildman–Crippen LogP) is 2.39. The number of hydrogen-bond donors (Lipinski definition) is 1. The van der Waals surface area contributed by atoms with Crippen LogP contribution < -0.4 is 9.46 Å². The molecule has 5 heteroatoms. The molecule has 0 atom stereocenters. The zero-order valence-corrected chi connectivity index (χ0v) is 12.4. The third-order valence-electron chi connectivity index (χ3n) is 2.45. The Labute approximate surface area is 109 Å². The van der Waals surface area contributed by atoms with Crippen molar-refractivity contribution < 1.29 is 13.2 Å². The van der Waals surface area contributed by atoms with Gasteiger partial charge in [0.1, 0.15) is 5.75 Å². The normalized spacial score (nSPS) is 11.9. The van der Waals surface area contributed by atoms with Gasteiger partial charge < -0.3 is 4.74 Å². The molecule has 0 saturated heterocycles. The zero-order chi connectivity index (χ0) is 13.9. The first-order valence-electron chi connectivity index (χ1n) is 6.04. The van der Waals surface area contributed by atoms with Gasteiger partial charge in [0, 0.05) is 12.1 Å². The highest BCUT2D eigenvalue weighted by atomic mass is 32.2. The molecule has 0 bridgehead atoms. The molecule has 1 N–H and O–H groups in total. The van der Waals surface area contributed by atoms with Crippen molar-refractivity contribution in [3.8, 4) is 5.75 Å². The molecule has 0 aliphatic rings. The van der Waals surface area contributed by atoms with Gasteiger partial charge in [-0.05, 0) is 45.7 Å². The molecule has 102 valence electrons.